The number of benzene rings is 2. The van der Waals surface area contributed by atoms with Crippen molar-refractivity contribution in [3.8, 4) is 0 Å². The molecule has 0 saturated heterocycles. The van der Waals surface area contributed by atoms with Crippen molar-refractivity contribution in [2.24, 2.45) is 0 Å². The van der Waals surface area contributed by atoms with Gasteiger partial charge in [-0.05, 0) is 31.2 Å². The molecule has 21 heavy (non-hydrogen) atoms. The highest BCUT2D eigenvalue weighted by Gasteiger charge is 2.30. The van der Waals surface area contributed by atoms with Gasteiger partial charge >= 0.3 is 6.18 Å². The van der Waals surface area contributed by atoms with Gasteiger partial charge in [0, 0.05) is 12.1 Å². The third-order valence-corrected chi connectivity index (χ3v) is 3.29. The molecule has 6 heteroatoms. The summed E-state index contributed by atoms with van der Waals surface area (Å²) in [6.07, 6.45) is -4.45. The van der Waals surface area contributed by atoms with Gasteiger partial charge in [-0.25, -0.2) is 4.39 Å². The first-order chi connectivity index (χ1) is 9.77. The highest BCUT2D eigenvalue weighted by molar-refractivity contribution is 6.33. The fraction of sp³-hybridized carbons (Fsp3) is 0.200. The molecule has 2 aromatic carbocycles. The van der Waals surface area contributed by atoms with E-state index in [1.54, 1.807) is 19.1 Å². The summed E-state index contributed by atoms with van der Waals surface area (Å²) in [5, 5.41) is 2.89. The molecule has 0 heterocycles. The summed E-state index contributed by atoms with van der Waals surface area (Å²) in [6, 6.07) is 7.55. The topological polar surface area (TPSA) is 12.0 Å². The van der Waals surface area contributed by atoms with Gasteiger partial charge in [0.1, 0.15) is 5.82 Å². The highest BCUT2D eigenvalue weighted by atomic mass is 35.5. The third-order valence-electron chi connectivity index (χ3n) is 2.96. The van der Waals surface area contributed by atoms with E-state index in [9.17, 15) is 17.6 Å². The first kappa shape index (κ1) is 15.6. The summed E-state index contributed by atoms with van der Waals surface area (Å²) in [4.78, 5) is 0. The second-order valence-corrected chi connectivity index (χ2v) is 5.05. The van der Waals surface area contributed by atoms with Crippen molar-refractivity contribution in [2.45, 2.75) is 19.6 Å². The van der Waals surface area contributed by atoms with Crippen molar-refractivity contribution in [1.82, 2.24) is 0 Å². The second kappa shape index (κ2) is 5.93. The van der Waals surface area contributed by atoms with E-state index in [0.29, 0.717) is 5.56 Å². The van der Waals surface area contributed by atoms with E-state index in [-0.39, 0.29) is 17.3 Å². The van der Waals surface area contributed by atoms with Gasteiger partial charge < -0.3 is 5.32 Å². The summed E-state index contributed by atoms with van der Waals surface area (Å²) >= 11 is 5.86. The van der Waals surface area contributed by atoms with Crippen LogP contribution in [-0.4, -0.2) is 0 Å². The zero-order valence-corrected chi connectivity index (χ0v) is 11.8. The van der Waals surface area contributed by atoms with Gasteiger partial charge in [0.25, 0.3) is 0 Å². The Balaban J connectivity index is 2.22. The maximum absolute atomic E-state index is 13.6. The van der Waals surface area contributed by atoms with E-state index in [1.165, 1.54) is 12.1 Å². The summed E-state index contributed by atoms with van der Waals surface area (Å²) < 4.78 is 51.5. The zero-order valence-electron chi connectivity index (χ0n) is 11.1. The van der Waals surface area contributed by atoms with Crippen LogP contribution in [0.1, 0.15) is 16.7 Å². The van der Waals surface area contributed by atoms with Crippen LogP contribution in [0.15, 0.2) is 36.4 Å². The highest BCUT2D eigenvalue weighted by Crippen LogP contribution is 2.34. The summed E-state index contributed by atoms with van der Waals surface area (Å²) in [6.45, 7) is 1.86. The molecule has 112 valence electrons. The number of halogens is 5. The van der Waals surface area contributed by atoms with Gasteiger partial charge in [-0.15, -0.1) is 0 Å². The lowest BCUT2D eigenvalue weighted by atomic mass is 10.1. The molecule has 0 atom stereocenters. The number of anilines is 1. The van der Waals surface area contributed by atoms with Gasteiger partial charge in [0.05, 0.1) is 16.3 Å². The smallest absolute Gasteiger partial charge is 0.380 e. The molecular weight excluding hydrogens is 306 g/mol. The molecule has 0 saturated carbocycles. The van der Waals surface area contributed by atoms with Gasteiger partial charge in [0.2, 0.25) is 0 Å². The number of hydrogen-bond donors (Lipinski definition) is 1. The molecule has 0 aliphatic carbocycles. The van der Waals surface area contributed by atoms with E-state index in [1.807, 2.05) is 0 Å². The molecular formula is C15H12ClF4N. The SMILES string of the molecule is Cc1ccc(F)c(CNc2cc(C(F)(F)F)ccc2Cl)c1. The molecule has 1 N–H and O–H groups in total. The molecule has 0 spiro atoms. The normalized spacial score (nSPS) is 11.5. The van der Waals surface area contributed by atoms with Crippen molar-refractivity contribution >= 4 is 17.3 Å². The standard InChI is InChI=1S/C15H12ClF4N/c1-9-2-5-13(17)10(6-9)8-21-14-7-11(15(18,19)20)3-4-12(14)16/h2-7,21H,8H2,1H3. The molecule has 0 aliphatic rings. The maximum Gasteiger partial charge on any atom is 0.416 e. The van der Waals surface area contributed by atoms with Gasteiger partial charge in [-0.1, -0.05) is 29.3 Å². The Labute approximate surface area is 124 Å². The summed E-state index contributed by atoms with van der Waals surface area (Å²) in [7, 11) is 0. The van der Waals surface area contributed by atoms with Crippen LogP contribution in [0.3, 0.4) is 0 Å². The Morgan fingerprint density at radius 1 is 1.10 bits per heavy atom. The van der Waals surface area contributed by atoms with Crippen LogP contribution in [-0.2, 0) is 12.7 Å². The number of nitrogens with one attached hydrogen (secondary N) is 1. The summed E-state index contributed by atoms with van der Waals surface area (Å²) in [5.41, 5.74) is 0.540. The molecule has 2 rings (SSSR count). The molecule has 0 radical (unpaired) electrons. The maximum atomic E-state index is 13.6. The molecule has 0 aromatic heterocycles. The number of alkyl halides is 3. The van der Waals surface area contributed by atoms with Crippen LogP contribution in [0, 0.1) is 12.7 Å². The average molecular weight is 318 g/mol. The summed E-state index contributed by atoms with van der Waals surface area (Å²) in [5.74, 6) is -0.420. The van der Waals surface area contributed by atoms with Crippen LogP contribution < -0.4 is 5.32 Å². The Morgan fingerprint density at radius 3 is 2.48 bits per heavy atom. The lowest BCUT2D eigenvalue weighted by Gasteiger charge is -2.13. The minimum Gasteiger partial charge on any atom is -0.380 e. The minimum absolute atomic E-state index is 0.0501. The fourth-order valence-corrected chi connectivity index (χ4v) is 2.05. The molecule has 2 aromatic rings. The van der Waals surface area contributed by atoms with Crippen molar-refractivity contribution in [2.75, 3.05) is 5.32 Å². The van der Waals surface area contributed by atoms with E-state index >= 15 is 0 Å². The van der Waals surface area contributed by atoms with E-state index < -0.39 is 17.6 Å². The monoisotopic (exact) mass is 317 g/mol. The zero-order chi connectivity index (χ0) is 15.6. The van der Waals surface area contributed by atoms with Crippen molar-refractivity contribution in [3.63, 3.8) is 0 Å². The lowest BCUT2D eigenvalue weighted by Crippen LogP contribution is -2.07. The lowest BCUT2D eigenvalue weighted by molar-refractivity contribution is -0.137. The van der Waals surface area contributed by atoms with Crippen LogP contribution in [0.5, 0.6) is 0 Å². The van der Waals surface area contributed by atoms with Crippen LogP contribution in [0.25, 0.3) is 0 Å². The van der Waals surface area contributed by atoms with Gasteiger partial charge in [0.15, 0.2) is 0 Å². The van der Waals surface area contributed by atoms with Crippen molar-refractivity contribution in [3.05, 3.63) is 63.9 Å². The predicted octanol–water partition coefficient (Wildman–Crippen LogP) is 5.42. The van der Waals surface area contributed by atoms with E-state index in [0.717, 1.165) is 17.7 Å². The third kappa shape index (κ3) is 3.88. The Kier molecular flexibility index (Phi) is 4.42. The van der Waals surface area contributed by atoms with Gasteiger partial charge in [-0.2, -0.15) is 13.2 Å². The largest absolute Gasteiger partial charge is 0.416 e. The molecule has 0 amide bonds. The molecule has 1 nitrogen and oxygen atoms in total. The van der Waals surface area contributed by atoms with Crippen LogP contribution >= 0.6 is 11.6 Å². The van der Waals surface area contributed by atoms with Gasteiger partial charge in [-0.3, -0.25) is 0 Å². The van der Waals surface area contributed by atoms with Crippen molar-refractivity contribution < 1.29 is 17.6 Å². The number of rotatable bonds is 3. The quantitative estimate of drug-likeness (QED) is 0.745. The second-order valence-electron chi connectivity index (χ2n) is 4.64. The Bertz CT molecular complexity index is 653. The molecule has 0 fully saturated rings. The average Bonchev–Trinajstić information content (AvgIpc) is 2.40. The fourth-order valence-electron chi connectivity index (χ4n) is 1.87. The Morgan fingerprint density at radius 2 is 1.81 bits per heavy atom. The number of aryl methyl sites for hydroxylation is 1. The van der Waals surface area contributed by atoms with Crippen LogP contribution in [0.4, 0.5) is 23.2 Å². The van der Waals surface area contributed by atoms with E-state index in [4.69, 9.17) is 11.6 Å². The van der Waals surface area contributed by atoms with Crippen LogP contribution in [0.2, 0.25) is 5.02 Å². The molecule has 0 aliphatic heterocycles. The predicted molar refractivity (Wildman–Crippen MR) is 74.9 cm³/mol. The first-order valence-corrected chi connectivity index (χ1v) is 6.51. The number of hydrogen-bond acceptors (Lipinski definition) is 1. The first-order valence-electron chi connectivity index (χ1n) is 6.13. The minimum atomic E-state index is -4.45. The molecule has 0 unspecified atom stereocenters. The van der Waals surface area contributed by atoms with E-state index in [2.05, 4.69) is 5.32 Å². The molecule has 0 bridgehead atoms. The van der Waals surface area contributed by atoms with Crippen molar-refractivity contribution in [1.29, 1.82) is 0 Å². The Hall–Kier alpha value is -1.75.